The lowest BCUT2D eigenvalue weighted by atomic mass is 10.1. The quantitative estimate of drug-likeness (QED) is 0.868. The van der Waals surface area contributed by atoms with Crippen LogP contribution >= 0.6 is 11.6 Å². The summed E-state index contributed by atoms with van der Waals surface area (Å²) in [5, 5.41) is 13.8. The molecule has 0 spiro atoms. The Balaban J connectivity index is 1.87. The Labute approximate surface area is 111 Å². The molecule has 0 saturated carbocycles. The summed E-state index contributed by atoms with van der Waals surface area (Å²) < 4.78 is 1.94. The number of rotatable bonds is 5. The second-order valence-corrected chi connectivity index (χ2v) is 4.53. The van der Waals surface area contributed by atoms with E-state index in [1.54, 1.807) is 12.3 Å². The molecule has 0 bridgehead atoms. The van der Waals surface area contributed by atoms with Gasteiger partial charge >= 0.3 is 0 Å². The van der Waals surface area contributed by atoms with Gasteiger partial charge in [-0.2, -0.15) is 0 Å². The lowest BCUT2D eigenvalue weighted by molar-refractivity contribution is 0.174. The van der Waals surface area contributed by atoms with E-state index in [1.165, 1.54) is 0 Å². The molecule has 0 aliphatic rings. The second kappa shape index (κ2) is 6.00. The van der Waals surface area contributed by atoms with E-state index in [0.29, 0.717) is 18.1 Å². The summed E-state index contributed by atoms with van der Waals surface area (Å²) >= 11 is 6.02. The number of aryl methyl sites for hydroxylation is 1. The topological polar surface area (TPSA) is 50.1 Å². The second-order valence-electron chi connectivity index (χ2n) is 4.12. The number of imidazole rings is 1. The first-order chi connectivity index (χ1) is 8.68. The maximum absolute atomic E-state index is 10.0. The molecular formula is C13H16ClN3O. The highest BCUT2D eigenvalue weighted by Crippen LogP contribution is 2.21. The summed E-state index contributed by atoms with van der Waals surface area (Å²) in [4.78, 5) is 4.20. The number of nitrogens with zero attached hydrogens (tertiary/aromatic N) is 2. The SMILES string of the molecule is Cn1ccnc1CNCC(O)c1ccccc1Cl. The molecule has 0 amide bonds. The van der Waals surface area contributed by atoms with Gasteiger partial charge in [0.15, 0.2) is 0 Å². The number of halogens is 1. The van der Waals surface area contributed by atoms with Crippen LogP contribution < -0.4 is 5.32 Å². The Morgan fingerprint density at radius 1 is 1.44 bits per heavy atom. The number of benzene rings is 1. The van der Waals surface area contributed by atoms with E-state index >= 15 is 0 Å². The molecule has 1 aromatic carbocycles. The first-order valence-corrected chi connectivity index (χ1v) is 6.15. The first kappa shape index (κ1) is 13.1. The number of hydrogen-bond donors (Lipinski definition) is 2. The maximum atomic E-state index is 10.0. The van der Waals surface area contributed by atoms with Gasteiger partial charge < -0.3 is 15.0 Å². The third-order valence-electron chi connectivity index (χ3n) is 2.81. The van der Waals surface area contributed by atoms with Crippen LogP contribution in [0.5, 0.6) is 0 Å². The van der Waals surface area contributed by atoms with Crippen molar-refractivity contribution in [1.29, 1.82) is 0 Å². The summed E-state index contributed by atoms with van der Waals surface area (Å²) in [6.07, 6.45) is 3.03. The van der Waals surface area contributed by atoms with Crippen molar-refractivity contribution in [3.63, 3.8) is 0 Å². The lowest BCUT2D eigenvalue weighted by Gasteiger charge is -2.13. The minimum atomic E-state index is -0.612. The molecule has 1 aromatic heterocycles. The van der Waals surface area contributed by atoms with Crippen molar-refractivity contribution >= 4 is 11.6 Å². The van der Waals surface area contributed by atoms with Crippen LogP contribution in [0.4, 0.5) is 0 Å². The van der Waals surface area contributed by atoms with Crippen LogP contribution in [0.2, 0.25) is 5.02 Å². The molecule has 1 heterocycles. The Morgan fingerprint density at radius 3 is 2.89 bits per heavy atom. The molecule has 0 fully saturated rings. The van der Waals surface area contributed by atoms with Gasteiger partial charge in [0.05, 0.1) is 12.6 Å². The van der Waals surface area contributed by atoms with Crippen molar-refractivity contribution in [3.8, 4) is 0 Å². The molecule has 0 saturated heterocycles. The molecule has 2 aromatic rings. The lowest BCUT2D eigenvalue weighted by Crippen LogP contribution is -2.22. The molecule has 18 heavy (non-hydrogen) atoms. The Bertz CT molecular complexity index is 512. The zero-order valence-corrected chi connectivity index (χ0v) is 10.9. The van der Waals surface area contributed by atoms with Crippen molar-refractivity contribution in [1.82, 2.24) is 14.9 Å². The molecule has 0 aliphatic heterocycles. The van der Waals surface area contributed by atoms with Crippen molar-refractivity contribution in [2.24, 2.45) is 7.05 Å². The smallest absolute Gasteiger partial charge is 0.122 e. The van der Waals surface area contributed by atoms with E-state index < -0.39 is 6.10 Å². The van der Waals surface area contributed by atoms with E-state index in [2.05, 4.69) is 10.3 Å². The molecule has 96 valence electrons. The van der Waals surface area contributed by atoms with Crippen LogP contribution in [0.25, 0.3) is 0 Å². The van der Waals surface area contributed by atoms with Gasteiger partial charge in [0.25, 0.3) is 0 Å². The van der Waals surface area contributed by atoms with Crippen LogP contribution in [-0.2, 0) is 13.6 Å². The molecule has 5 heteroatoms. The van der Waals surface area contributed by atoms with Crippen molar-refractivity contribution in [3.05, 3.63) is 53.1 Å². The van der Waals surface area contributed by atoms with Gasteiger partial charge in [0, 0.05) is 36.6 Å². The van der Waals surface area contributed by atoms with E-state index in [-0.39, 0.29) is 0 Å². The fraction of sp³-hybridized carbons (Fsp3) is 0.308. The number of hydrogen-bond acceptors (Lipinski definition) is 3. The molecule has 1 unspecified atom stereocenters. The average molecular weight is 266 g/mol. The molecule has 2 N–H and O–H groups in total. The highest BCUT2D eigenvalue weighted by atomic mass is 35.5. The number of aliphatic hydroxyl groups is 1. The summed E-state index contributed by atoms with van der Waals surface area (Å²) in [5.74, 6) is 0.932. The zero-order chi connectivity index (χ0) is 13.0. The van der Waals surface area contributed by atoms with Gasteiger partial charge in [0.1, 0.15) is 5.82 Å². The normalized spacial score (nSPS) is 12.6. The molecule has 2 rings (SSSR count). The molecular weight excluding hydrogens is 250 g/mol. The fourth-order valence-electron chi connectivity index (χ4n) is 1.74. The van der Waals surface area contributed by atoms with Gasteiger partial charge in [-0.25, -0.2) is 4.98 Å². The van der Waals surface area contributed by atoms with Crippen LogP contribution in [0, 0.1) is 0 Å². The van der Waals surface area contributed by atoms with Crippen molar-refractivity contribution in [2.45, 2.75) is 12.6 Å². The maximum Gasteiger partial charge on any atom is 0.122 e. The summed E-state index contributed by atoms with van der Waals surface area (Å²) in [5.41, 5.74) is 0.742. The van der Waals surface area contributed by atoms with E-state index in [9.17, 15) is 5.11 Å². The van der Waals surface area contributed by atoms with Gasteiger partial charge in [0.2, 0.25) is 0 Å². The predicted octanol–water partition coefficient (Wildman–Crippen LogP) is 1.90. The largest absolute Gasteiger partial charge is 0.387 e. The van der Waals surface area contributed by atoms with E-state index in [4.69, 9.17) is 11.6 Å². The predicted molar refractivity (Wildman–Crippen MR) is 71.3 cm³/mol. The van der Waals surface area contributed by atoms with E-state index in [0.717, 1.165) is 11.4 Å². The fourth-order valence-corrected chi connectivity index (χ4v) is 2.00. The third kappa shape index (κ3) is 3.10. The van der Waals surface area contributed by atoms with Crippen LogP contribution in [-0.4, -0.2) is 21.2 Å². The Morgan fingerprint density at radius 2 is 2.22 bits per heavy atom. The summed E-state index contributed by atoms with van der Waals surface area (Å²) in [6.45, 7) is 1.06. The Kier molecular flexibility index (Phi) is 4.36. The highest BCUT2D eigenvalue weighted by Gasteiger charge is 2.10. The number of nitrogens with one attached hydrogen (secondary N) is 1. The highest BCUT2D eigenvalue weighted by molar-refractivity contribution is 6.31. The van der Waals surface area contributed by atoms with Crippen molar-refractivity contribution in [2.75, 3.05) is 6.54 Å². The molecule has 1 atom stereocenters. The van der Waals surface area contributed by atoms with Crippen LogP contribution in [0.3, 0.4) is 0 Å². The third-order valence-corrected chi connectivity index (χ3v) is 3.15. The van der Waals surface area contributed by atoms with E-state index in [1.807, 2.05) is 36.0 Å². The van der Waals surface area contributed by atoms with Gasteiger partial charge in [-0.3, -0.25) is 0 Å². The van der Waals surface area contributed by atoms with Gasteiger partial charge in [-0.05, 0) is 6.07 Å². The summed E-state index contributed by atoms with van der Waals surface area (Å²) in [7, 11) is 1.94. The van der Waals surface area contributed by atoms with Crippen LogP contribution in [0.15, 0.2) is 36.7 Å². The minimum absolute atomic E-state index is 0.441. The van der Waals surface area contributed by atoms with Gasteiger partial charge in [-0.15, -0.1) is 0 Å². The van der Waals surface area contributed by atoms with Crippen molar-refractivity contribution < 1.29 is 5.11 Å². The molecule has 0 aliphatic carbocycles. The number of aromatic nitrogens is 2. The number of aliphatic hydroxyl groups excluding tert-OH is 1. The van der Waals surface area contributed by atoms with Crippen LogP contribution in [0.1, 0.15) is 17.5 Å². The standard InChI is InChI=1S/C13H16ClN3O/c1-17-7-6-16-13(17)9-15-8-12(18)10-4-2-3-5-11(10)14/h2-7,12,15,18H,8-9H2,1H3. The Hall–Kier alpha value is -1.36. The van der Waals surface area contributed by atoms with Gasteiger partial charge in [-0.1, -0.05) is 29.8 Å². The average Bonchev–Trinajstić information content (AvgIpc) is 2.75. The zero-order valence-electron chi connectivity index (χ0n) is 10.2. The molecule has 0 radical (unpaired) electrons. The minimum Gasteiger partial charge on any atom is -0.387 e. The monoisotopic (exact) mass is 265 g/mol. The summed E-state index contributed by atoms with van der Waals surface area (Å²) in [6, 6.07) is 7.32. The first-order valence-electron chi connectivity index (χ1n) is 5.78. The molecule has 4 nitrogen and oxygen atoms in total.